The van der Waals surface area contributed by atoms with Crippen LogP contribution in [-0.4, -0.2) is 29.2 Å². The van der Waals surface area contributed by atoms with E-state index >= 15 is 0 Å². The van der Waals surface area contributed by atoms with Crippen molar-refractivity contribution < 1.29 is 14.7 Å². The zero-order valence-corrected chi connectivity index (χ0v) is 14.7. The summed E-state index contributed by atoms with van der Waals surface area (Å²) in [6, 6.07) is 13.7. The number of rotatable bonds is 3. The Kier molecular flexibility index (Phi) is 4.92. The fourth-order valence-electron chi connectivity index (χ4n) is 2.34. The maximum Gasteiger partial charge on any atom is 0.337 e. The molecule has 0 saturated carbocycles. The summed E-state index contributed by atoms with van der Waals surface area (Å²) in [5, 5.41) is 10.3. The summed E-state index contributed by atoms with van der Waals surface area (Å²) in [6.45, 7) is 0. The van der Waals surface area contributed by atoms with Crippen LogP contribution in [0.2, 0.25) is 5.02 Å². The Bertz CT molecular complexity index is 924. The summed E-state index contributed by atoms with van der Waals surface area (Å²) in [5.41, 5.74) is 1.42. The minimum Gasteiger partial charge on any atom is -0.478 e. The van der Waals surface area contributed by atoms with Gasteiger partial charge >= 0.3 is 5.97 Å². The summed E-state index contributed by atoms with van der Waals surface area (Å²) in [6.07, 6.45) is 1.71. The van der Waals surface area contributed by atoms with Gasteiger partial charge in [-0.1, -0.05) is 35.9 Å². The molecule has 1 aliphatic heterocycles. The fourth-order valence-corrected chi connectivity index (χ4v) is 3.43. The van der Waals surface area contributed by atoms with Crippen molar-refractivity contribution in [3.05, 3.63) is 69.6 Å². The molecule has 1 N–H and O–H groups in total. The van der Waals surface area contributed by atoms with Crippen molar-refractivity contribution in [2.24, 2.45) is 4.99 Å². The molecule has 3 rings (SSSR count). The molecule has 0 spiro atoms. The van der Waals surface area contributed by atoms with Gasteiger partial charge in [0.2, 0.25) is 0 Å². The fraction of sp³-hybridized carbons (Fsp3) is 0.0556. The number of halogens is 1. The van der Waals surface area contributed by atoms with Crippen LogP contribution in [0, 0.1) is 0 Å². The zero-order chi connectivity index (χ0) is 18.0. The van der Waals surface area contributed by atoms with Crippen LogP contribution >= 0.6 is 23.4 Å². The Morgan fingerprint density at radius 1 is 1.24 bits per heavy atom. The van der Waals surface area contributed by atoms with Crippen molar-refractivity contribution in [2.75, 3.05) is 11.9 Å². The summed E-state index contributed by atoms with van der Waals surface area (Å²) < 4.78 is 0. The van der Waals surface area contributed by atoms with Crippen molar-refractivity contribution in [2.45, 2.75) is 0 Å². The lowest BCUT2D eigenvalue weighted by molar-refractivity contribution is -0.113. The van der Waals surface area contributed by atoms with E-state index in [0.717, 1.165) is 5.56 Å². The molecule has 1 amide bonds. The SMILES string of the molecule is CN(C1=NC(=O)/C(=C/c2cccc(Cl)c2)S1)c1ccccc1C(=O)O. The molecule has 1 heterocycles. The summed E-state index contributed by atoms with van der Waals surface area (Å²) in [5.74, 6) is -1.40. The lowest BCUT2D eigenvalue weighted by Gasteiger charge is -2.19. The smallest absolute Gasteiger partial charge is 0.337 e. The predicted molar refractivity (Wildman–Crippen MR) is 101 cm³/mol. The lowest BCUT2D eigenvalue weighted by atomic mass is 10.1. The molecule has 0 atom stereocenters. The Labute approximate surface area is 153 Å². The van der Waals surface area contributed by atoms with Gasteiger partial charge in [0.05, 0.1) is 16.2 Å². The molecular formula is C18H13ClN2O3S. The lowest BCUT2D eigenvalue weighted by Crippen LogP contribution is -2.24. The molecule has 7 heteroatoms. The normalized spacial score (nSPS) is 15.4. The molecule has 0 unspecified atom stereocenters. The maximum atomic E-state index is 12.2. The van der Waals surface area contributed by atoms with E-state index in [1.54, 1.807) is 54.4 Å². The molecular weight excluding hydrogens is 360 g/mol. The standard InChI is InChI=1S/C18H13ClN2O3S/c1-21(14-8-3-2-7-13(14)17(23)24)18-20-16(22)15(25-18)10-11-5-4-6-12(19)9-11/h2-10H,1H3,(H,23,24)/b15-10-. The number of para-hydroxylation sites is 1. The quantitative estimate of drug-likeness (QED) is 0.820. The Balaban J connectivity index is 1.87. The molecule has 0 fully saturated rings. The van der Waals surface area contributed by atoms with Crippen LogP contribution in [0.25, 0.3) is 6.08 Å². The van der Waals surface area contributed by atoms with Crippen molar-refractivity contribution in [1.82, 2.24) is 0 Å². The molecule has 5 nitrogen and oxygen atoms in total. The molecule has 0 aliphatic carbocycles. The number of carboxylic acids is 1. The second-order valence-corrected chi connectivity index (χ2v) is 6.69. The first kappa shape index (κ1) is 17.3. The first-order valence-corrected chi connectivity index (χ1v) is 8.49. The van der Waals surface area contributed by atoms with Crippen LogP contribution < -0.4 is 4.90 Å². The number of carboxylic acid groups (broad SMARTS) is 1. The van der Waals surface area contributed by atoms with E-state index in [4.69, 9.17) is 11.6 Å². The second-order valence-electron chi connectivity index (χ2n) is 5.25. The molecule has 0 radical (unpaired) electrons. The summed E-state index contributed by atoms with van der Waals surface area (Å²) >= 11 is 7.15. The zero-order valence-electron chi connectivity index (χ0n) is 13.1. The monoisotopic (exact) mass is 372 g/mol. The van der Waals surface area contributed by atoms with Crippen LogP contribution in [0.4, 0.5) is 5.69 Å². The van der Waals surface area contributed by atoms with Gasteiger partial charge in [-0.05, 0) is 47.7 Å². The van der Waals surface area contributed by atoms with E-state index < -0.39 is 5.97 Å². The highest BCUT2D eigenvalue weighted by Gasteiger charge is 2.26. The average Bonchev–Trinajstić information content (AvgIpc) is 2.95. The van der Waals surface area contributed by atoms with Gasteiger partial charge in [-0.25, -0.2) is 4.79 Å². The topological polar surface area (TPSA) is 70.0 Å². The third kappa shape index (κ3) is 3.75. The highest BCUT2D eigenvalue weighted by atomic mass is 35.5. The second kappa shape index (κ2) is 7.13. The van der Waals surface area contributed by atoms with E-state index in [2.05, 4.69) is 4.99 Å². The molecule has 2 aromatic carbocycles. The molecule has 25 heavy (non-hydrogen) atoms. The number of thioether (sulfide) groups is 1. The van der Waals surface area contributed by atoms with Gasteiger partial charge in [-0.15, -0.1) is 0 Å². The van der Waals surface area contributed by atoms with Crippen molar-refractivity contribution in [1.29, 1.82) is 0 Å². The van der Waals surface area contributed by atoms with Gasteiger partial charge in [0.15, 0.2) is 5.17 Å². The number of nitrogens with zero attached hydrogens (tertiary/aromatic N) is 2. The average molecular weight is 373 g/mol. The molecule has 126 valence electrons. The highest BCUT2D eigenvalue weighted by molar-refractivity contribution is 8.18. The minimum atomic E-state index is -1.04. The van der Waals surface area contributed by atoms with E-state index in [1.165, 1.54) is 17.8 Å². The number of hydrogen-bond donors (Lipinski definition) is 1. The van der Waals surface area contributed by atoms with Crippen molar-refractivity contribution in [3.8, 4) is 0 Å². The van der Waals surface area contributed by atoms with Crippen molar-refractivity contribution in [3.63, 3.8) is 0 Å². The number of amidine groups is 1. The first-order valence-electron chi connectivity index (χ1n) is 7.30. The maximum absolute atomic E-state index is 12.2. The number of benzene rings is 2. The van der Waals surface area contributed by atoms with Crippen LogP contribution in [0.3, 0.4) is 0 Å². The molecule has 0 aromatic heterocycles. The van der Waals surface area contributed by atoms with Crippen LogP contribution in [0.5, 0.6) is 0 Å². The third-order valence-electron chi connectivity index (χ3n) is 3.54. The van der Waals surface area contributed by atoms with Crippen LogP contribution in [0.1, 0.15) is 15.9 Å². The van der Waals surface area contributed by atoms with Gasteiger partial charge in [-0.3, -0.25) is 4.79 Å². The summed E-state index contributed by atoms with van der Waals surface area (Å²) in [4.78, 5) is 29.6. The number of aliphatic imine (C=N–C) groups is 1. The van der Waals surface area contributed by atoms with Crippen molar-refractivity contribution >= 4 is 52.2 Å². The number of carbonyl (C=O) groups excluding carboxylic acids is 1. The van der Waals surface area contributed by atoms with Gasteiger partial charge in [0.25, 0.3) is 5.91 Å². The summed E-state index contributed by atoms with van der Waals surface area (Å²) in [7, 11) is 1.68. The van der Waals surface area contributed by atoms with Gasteiger partial charge < -0.3 is 10.0 Å². The van der Waals surface area contributed by atoms with Gasteiger partial charge in [0.1, 0.15) is 0 Å². The Morgan fingerprint density at radius 3 is 2.72 bits per heavy atom. The Hall–Kier alpha value is -2.57. The Morgan fingerprint density at radius 2 is 2.00 bits per heavy atom. The predicted octanol–water partition coefficient (Wildman–Crippen LogP) is 4.14. The molecule has 1 aliphatic rings. The van der Waals surface area contributed by atoms with Gasteiger partial charge in [0, 0.05) is 12.1 Å². The van der Waals surface area contributed by atoms with Gasteiger partial charge in [-0.2, -0.15) is 4.99 Å². The van der Waals surface area contributed by atoms with E-state index in [1.807, 2.05) is 6.07 Å². The number of aromatic carboxylic acids is 1. The minimum absolute atomic E-state index is 0.146. The van der Waals surface area contributed by atoms with E-state index in [-0.39, 0.29) is 11.5 Å². The molecule has 0 saturated heterocycles. The number of carbonyl (C=O) groups is 2. The van der Waals surface area contributed by atoms with Crippen LogP contribution in [-0.2, 0) is 4.79 Å². The van der Waals surface area contributed by atoms with Crippen LogP contribution in [0.15, 0.2) is 58.4 Å². The number of hydrogen-bond acceptors (Lipinski definition) is 4. The number of amides is 1. The highest BCUT2D eigenvalue weighted by Crippen LogP contribution is 2.33. The molecule has 2 aromatic rings. The van der Waals surface area contributed by atoms with E-state index in [9.17, 15) is 14.7 Å². The molecule has 0 bridgehead atoms. The third-order valence-corrected chi connectivity index (χ3v) is 4.83. The van der Waals surface area contributed by atoms with E-state index in [0.29, 0.717) is 20.8 Å². The largest absolute Gasteiger partial charge is 0.478 e. The first-order chi connectivity index (χ1) is 12.0. The number of anilines is 1.